The smallest absolute Gasteiger partial charge is 0.269 e. The maximum atomic E-state index is 13.9. The molecule has 0 saturated carbocycles. The van der Waals surface area contributed by atoms with Crippen LogP contribution in [0.15, 0.2) is 77.6 Å². The van der Waals surface area contributed by atoms with Crippen LogP contribution in [0.1, 0.15) is 98.4 Å². The average Bonchev–Trinajstić information content (AvgIpc) is 3.33. The molecule has 15 heteroatoms. The van der Waals surface area contributed by atoms with Gasteiger partial charge < -0.3 is 47.1 Å². The predicted molar refractivity (Wildman–Crippen MR) is 269 cm³/mol. The molecule has 0 spiro atoms. The number of carbonyl (C=O) groups is 4. The van der Waals surface area contributed by atoms with Gasteiger partial charge in [0.15, 0.2) is 0 Å². The number of aromatic nitrogens is 2. The lowest BCUT2D eigenvalue weighted by Crippen LogP contribution is -2.56. The Balaban J connectivity index is 0.870. The molecule has 0 unspecified atom stereocenters. The van der Waals surface area contributed by atoms with Gasteiger partial charge in [-0.15, -0.1) is 0 Å². The average molecular weight is 953 g/mol. The molecule has 3 heterocycles. The van der Waals surface area contributed by atoms with E-state index in [1.165, 1.54) is 0 Å². The van der Waals surface area contributed by atoms with Crippen LogP contribution in [-0.2, 0) is 70.8 Å². The van der Waals surface area contributed by atoms with Crippen LogP contribution >= 0.6 is 0 Å². The number of nitrogens with one attached hydrogen (secondary N) is 3. The van der Waals surface area contributed by atoms with Gasteiger partial charge in [0.2, 0.25) is 23.6 Å². The number of nitrogens with two attached hydrogens (primary N) is 2. The third-order valence-electron chi connectivity index (χ3n) is 14.1. The quantitative estimate of drug-likeness (QED) is 0.0601. The maximum Gasteiger partial charge on any atom is 0.269 e. The minimum absolute atomic E-state index is 0.159. The third kappa shape index (κ3) is 12.1. The summed E-state index contributed by atoms with van der Waals surface area (Å²) in [6.07, 6.45) is 4.83. The number of amides is 4. The molecule has 2 aliphatic rings. The van der Waals surface area contributed by atoms with Gasteiger partial charge in [-0.3, -0.25) is 29.0 Å². The number of nitrogens with zero attached hydrogens (tertiary/aromatic N) is 3. The van der Waals surface area contributed by atoms with Crippen LogP contribution in [0.2, 0.25) is 0 Å². The Morgan fingerprint density at radius 2 is 1.04 bits per heavy atom. The summed E-state index contributed by atoms with van der Waals surface area (Å²) in [4.78, 5) is 79.4. The highest BCUT2D eigenvalue weighted by molar-refractivity contribution is 5.91. The maximum absolute atomic E-state index is 13.9. The number of rotatable bonds is 18. The van der Waals surface area contributed by atoms with E-state index in [9.17, 15) is 34.2 Å². The van der Waals surface area contributed by atoms with Crippen molar-refractivity contribution in [3.8, 4) is 11.5 Å². The van der Waals surface area contributed by atoms with E-state index in [1.54, 1.807) is 34.1 Å². The normalized spacial score (nSPS) is 16.2. The second-order valence-corrected chi connectivity index (χ2v) is 19.2. The summed E-state index contributed by atoms with van der Waals surface area (Å²) in [5.41, 5.74) is 23.9. The van der Waals surface area contributed by atoms with Gasteiger partial charge in [0.1, 0.15) is 29.3 Å². The zero-order valence-electron chi connectivity index (χ0n) is 41.1. The fraction of sp³-hybridized carbons (Fsp3) is 0.418. The van der Waals surface area contributed by atoms with Gasteiger partial charge in [-0.1, -0.05) is 48.5 Å². The fourth-order valence-corrected chi connectivity index (χ4v) is 10.1. The largest absolute Gasteiger partial charge is 0.508 e. The molecule has 1 aromatic heterocycles. The number of benzene rings is 4. The number of phenols is 2. The van der Waals surface area contributed by atoms with Crippen molar-refractivity contribution in [1.29, 1.82) is 0 Å². The Morgan fingerprint density at radius 3 is 1.47 bits per heavy atom. The van der Waals surface area contributed by atoms with Gasteiger partial charge in [0.25, 0.3) is 5.56 Å². The Labute approximate surface area is 410 Å². The van der Waals surface area contributed by atoms with Crippen LogP contribution in [-0.4, -0.2) is 90.9 Å². The molecule has 0 fully saturated rings. The molecule has 9 N–H and O–H groups in total. The van der Waals surface area contributed by atoms with Crippen molar-refractivity contribution in [1.82, 2.24) is 30.4 Å². The molecule has 4 aromatic carbocycles. The van der Waals surface area contributed by atoms with Gasteiger partial charge in [-0.2, -0.15) is 0 Å². The van der Waals surface area contributed by atoms with E-state index in [0.29, 0.717) is 70.2 Å². The molecule has 0 radical (unpaired) electrons. The standard InChI is InChI=1S/C55H68N8O7/c1-32-22-41(64)23-33(2)43(32)28-45(56)54(69)62-30-39-16-8-6-14-37(39)26-49(62)52(67)58-20-12-10-18-47-36(5)60-48(51(66)61-47)19-11-13-21-59-53(68)50-27-38-15-7-9-17-40(38)31-63(50)55(70)46(57)29-44-34(3)24-42(65)25-35(44)4/h6-9,14-17,22-25,45-46,49-50,64-65H,10-13,18-21,26-31,56-57H2,1-5H3,(H,58,67)(H,59,68)(H,61,66)/t45-,46-,49-,50-/m0/s1. The summed E-state index contributed by atoms with van der Waals surface area (Å²) in [6, 6.07) is 19.0. The topological polar surface area (TPSA) is 237 Å². The van der Waals surface area contributed by atoms with Crippen LogP contribution < -0.4 is 27.7 Å². The van der Waals surface area contributed by atoms with E-state index >= 15 is 0 Å². The van der Waals surface area contributed by atoms with Crippen molar-refractivity contribution in [3.63, 3.8) is 0 Å². The van der Waals surface area contributed by atoms with Crippen molar-refractivity contribution < 1.29 is 29.4 Å². The summed E-state index contributed by atoms with van der Waals surface area (Å²) in [6.45, 7) is 10.7. The molecule has 4 amide bonds. The van der Waals surface area contributed by atoms with Crippen LogP contribution in [0, 0.1) is 34.6 Å². The molecule has 2 aliphatic heterocycles. The number of H-pyrrole nitrogens is 1. The minimum atomic E-state index is -0.877. The molecular formula is C55H68N8O7. The lowest BCUT2D eigenvalue weighted by atomic mass is 9.91. The molecular weight excluding hydrogens is 885 g/mol. The van der Waals surface area contributed by atoms with Crippen LogP contribution in [0.5, 0.6) is 11.5 Å². The highest BCUT2D eigenvalue weighted by Gasteiger charge is 2.38. The second-order valence-electron chi connectivity index (χ2n) is 19.2. The monoisotopic (exact) mass is 953 g/mol. The number of aromatic hydroxyl groups is 2. The van der Waals surface area contributed by atoms with Crippen LogP contribution in [0.4, 0.5) is 0 Å². The highest BCUT2D eigenvalue weighted by atomic mass is 16.3. The van der Waals surface area contributed by atoms with E-state index in [1.807, 2.05) is 83.1 Å². The van der Waals surface area contributed by atoms with Gasteiger partial charge in [-0.25, -0.2) is 0 Å². The van der Waals surface area contributed by atoms with Crippen molar-refractivity contribution in [3.05, 3.63) is 156 Å². The molecule has 0 saturated heterocycles. The SMILES string of the molecule is Cc1cc(O)cc(C)c1C[C@H](N)C(=O)N1Cc2ccccc2C[C@H]1C(=O)NCCCCc1[nH]c(=O)c(CCCCNC(=O)[C@@H]2Cc3ccccc3CN2C(=O)[C@@H](N)Cc2c(C)cc(O)cc2C)nc1C. The predicted octanol–water partition coefficient (Wildman–Crippen LogP) is 4.65. The third-order valence-corrected chi connectivity index (χ3v) is 14.1. The second kappa shape index (κ2) is 22.7. The Kier molecular flexibility index (Phi) is 16.6. The van der Waals surface area contributed by atoms with Gasteiger partial charge in [-0.05, 0) is 166 Å². The zero-order valence-corrected chi connectivity index (χ0v) is 41.1. The molecule has 7 rings (SSSR count). The van der Waals surface area contributed by atoms with E-state index in [2.05, 4.69) is 20.6 Å². The lowest BCUT2D eigenvalue weighted by Gasteiger charge is -2.37. The Morgan fingerprint density at radius 1 is 0.643 bits per heavy atom. The number of aromatic amines is 1. The number of hydrogen-bond acceptors (Lipinski definition) is 10. The van der Waals surface area contributed by atoms with E-state index in [4.69, 9.17) is 11.5 Å². The summed E-state index contributed by atoms with van der Waals surface area (Å²) in [5.74, 6) is -0.793. The molecule has 70 heavy (non-hydrogen) atoms. The number of aryl methyl sites for hydroxylation is 7. The minimum Gasteiger partial charge on any atom is -0.508 e. The zero-order chi connectivity index (χ0) is 50.2. The fourth-order valence-electron chi connectivity index (χ4n) is 10.1. The Hall–Kier alpha value is -6.84. The van der Waals surface area contributed by atoms with Gasteiger partial charge in [0, 0.05) is 44.7 Å². The van der Waals surface area contributed by atoms with E-state index in [-0.39, 0.29) is 66.6 Å². The van der Waals surface area contributed by atoms with Crippen molar-refractivity contribution in [2.75, 3.05) is 13.1 Å². The molecule has 370 valence electrons. The number of hydrogen-bond donors (Lipinski definition) is 7. The van der Waals surface area contributed by atoms with Gasteiger partial charge in [0.05, 0.1) is 17.8 Å². The first-order valence-electron chi connectivity index (χ1n) is 24.5. The summed E-state index contributed by atoms with van der Waals surface area (Å²) in [7, 11) is 0. The van der Waals surface area contributed by atoms with Gasteiger partial charge >= 0.3 is 0 Å². The molecule has 0 bridgehead atoms. The van der Waals surface area contributed by atoms with Crippen molar-refractivity contribution in [2.45, 2.75) is 136 Å². The van der Waals surface area contributed by atoms with E-state index in [0.717, 1.165) is 67.0 Å². The summed E-state index contributed by atoms with van der Waals surface area (Å²) < 4.78 is 0. The van der Waals surface area contributed by atoms with Crippen molar-refractivity contribution in [2.24, 2.45) is 11.5 Å². The number of phenolic OH excluding ortho intramolecular Hbond substituents is 2. The van der Waals surface area contributed by atoms with Crippen LogP contribution in [0.25, 0.3) is 0 Å². The number of carbonyl (C=O) groups excluding carboxylic acids is 4. The lowest BCUT2D eigenvalue weighted by molar-refractivity contribution is -0.142. The first-order valence-corrected chi connectivity index (χ1v) is 24.5. The molecule has 15 nitrogen and oxygen atoms in total. The number of fused-ring (bicyclic) bond motifs is 2. The van der Waals surface area contributed by atoms with Crippen molar-refractivity contribution >= 4 is 23.6 Å². The Bertz CT molecular complexity index is 2760. The first-order chi connectivity index (χ1) is 33.5. The molecule has 5 aromatic rings. The molecule has 4 atom stereocenters. The summed E-state index contributed by atoms with van der Waals surface area (Å²) >= 11 is 0. The highest BCUT2D eigenvalue weighted by Crippen LogP contribution is 2.29. The summed E-state index contributed by atoms with van der Waals surface area (Å²) in [5, 5.41) is 26.1. The molecule has 0 aliphatic carbocycles. The first kappa shape index (κ1) is 51.0. The number of unbranched alkanes of at least 4 members (excludes halogenated alkanes) is 2. The van der Waals surface area contributed by atoms with E-state index < -0.39 is 24.2 Å². The van der Waals surface area contributed by atoms with Crippen LogP contribution in [0.3, 0.4) is 0 Å².